The number of hydrogen-bond acceptors (Lipinski definition) is 11. The third-order valence-electron chi connectivity index (χ3n) is 13.0. The highest BCUT2D eigenvalue weighted by Crippen LogP contribution is 2.49. The van der Waals surface area contributed by atoms with Crippen molar-refractivity contribution in [2.24, 2.45) is 29.1 Å². The van der Waals surface area contributed by atoms with Crippen LogP contribution in [-0.4, -0.2) is 102 Å². The van der Waals surface area contributed by atoms with Gasteiger partial charge in [-0.3, -0.25) is 19.1 Å². The van der Waals surface area contributed by atoms with E-state index in [1.165, 1.54) is 12.0 Å². The number of nitrogens with one attached hydrogen (secondary N) is 3. The summed E-state index contributed by atoms with van der Waals surface area (Å²) in [6.45, 7) is 8.91. The van der Waals surface area contributed by atoms with Gasteiger partial charge < -0.3 is 29.7 Å². The molecule has 18 heteroatoms. The highest BCUT2D eigenvalue weighted by molar-refractivity contribution is 7.91. The summed E-state index contributed by atoms with van der Waals surface area (Å²) < 4.78 is 74.1. The number of amides is 4. The van der Waals surface area contributed by atoms with Crippen LogP contribution in [0.25, 0.3) is 11.0 Å². The number of rotatable bonds is 7. The van der Waals surface area contributed by atoms with Gasteiger partial charge in [-0.1, -0.05) is 47.5 Å². The SMILES string of the molecule is COc1ccc2nc3c(nc2c1)O[C@H]1CN(C(=O)[C@H](C(C)(C)C)NC(=O)O[C@@H]2CC[C@H](C)[C@H]2CCCCC3)[C@H](C(=O)N[C@]2(C(=O)NS(=O)(=O)C3CC3)C[C@H]2C(F)F)[C@@H]1C. The van der Waals surface area contributed by atoms with Crippen molar-refractivity contribution in [2.75, 3.05) is 13.7 Å². The molecule has 3 aliphatic carbocycles. The second-order valence-corrected chi connectivity index (χ2v) is 20.2. The van der Waals surface area contributed by atoms with Gasteiger partial charge in [0.05, 0.1) is 35.9 Å². The Kier molecular flexibility index (Phi) is 11.8. The van der Waals surface area contributed by atoms with E-state index < -0.39 is 92.9 Å². The highest BCUT2D eigenvalue weighted by atomic mass is 32.2. The van der Waals surface area contributed by atoms with E-state index in [1.54, 1.807) is 45.9 Å². The number of carbonyl (C=O) groups excluding carboxylic acids is 4. The van der Waals surface area contributed by atoms with Crippen LogP contribution in [0.5, 0.6) is 11.6 Å². The summed E-state index contributed by atoms with van der Waals surface area (Å²) in [6, 6.07) is 2.70. The van der Waals surface area contributed by atoms with Crippen molar-refractivity contribution in [3.63, 3.8) is 0 Å². The number of fused-ring (bicyclic) bond motifs is 5. The fourth-order valence-corrected chi connectivity index (χ4v) is 10.5. The third kappa shape index (κ3) is 8.78. The summed E-state index contributed by atoms with van der Waals surface area (Å²) in [5.41, 5.74) is -1.44. The average molecular weight is 847 g/mol. The maximum absolute atomic E-state index is 14.9. The molecule has 9 atom stereocenters. The predicted molar refractivity (Wildman–Crippen MR) is 211 cm³/mol. The molecule has 7 rings (SSSR count). The topological polar surface area (TPSA) is 195 Å². The molecule has 3 heterocycles. The molecule has 59 heavy (non-hydrogen) atoms. The summed E-state index contributed by atoms with van der Waals surface area (Å²) in [7, 11) is -2.61. The Hall–Kier alpha value is -4.35. The molecule has 1 aromatic carbocycles. The summed E-state index contributed by atoms with van der Waals surface area (Å²) in [6.07, 6.45) is 0.577. The smallest absolute Gasteiger partial charge is 0.408 e. The van der Waals surface area contributed by atoms with Crippen molar-refractivity contribution in [3.05, 3.63) is 23.9 Å². The number of methoxy groups -OCH3 is 1. The minimum absolute atomic E-state index is 0.134. The van der Waals surface area contributed by atoms with Crippen LogP contribution in [0.4, 0.5) is 13.6 Å². The van der Waals surface area contributed by atoms with Gasteiger partial charge in [-0.15, -0.1) is 0 Å². The van der Waals surface area contributed by atoms with Crippen molar-refractivity contribution < 1.29 is 50.6 Å². The van der Waals surface area contributed by atoms with Gasteiger partial charge >= 0.3 is 6.09 Å². The molecule has 15 nitrogen and oxygen atoms in total. The first-order valence-electron chi connectivity index (χ1n) is 20.8. The number of benzene rings is 1. The van der Waals surface area contributed by atoms with Crippen LogP contribution in [0.15, 0.2) is 18.2 Å². The summed E-state index contributed by atoms with van der Waals surface area (Å²) in [5, 5.41) is 4.46. The number of alkyl carbamates (subject to hydrolysis) is 1. The van der Waals surface area contributed by atoms with Crippen molar-refractivity contribution in [1.29, 1.82) is 0 Å². The largest absolute Gasteiger partial charge is 0.497 e. The zero-order valence-corrected chi connectivity index (χ0v) is 35.3. The fourth-order valence-electron chi connectivity index (χ4n) is 9.12. The number of carbonyl (C=O) groups is 4. The lowest BCUT2D eigenvalue weighted by Gasteiger charge is -2.36. The molecule has 1 aromatic heterocycles. The molecule has 4 amide bonds. The molecule has 324 valence electrons. The lowest BCUT2D eigenvalue weighted by molar-refractivity contribution is -0.143. The minimum atomic E-state index is -4.15. The van der Waals surface area contributed by atoms with Gasteiger partial charge in [0.2, 0.25) is 34.1 Å². The number of aryl methyl sites for hydroxylation is 1. The van der Waals surface area contributed by atoms with Gasteiger partial charge in [-0.05, 0) is 80.8 Å². The maximum Gasteiger partial charge on any atom is 0.408 e. The second-order valence-electron chi connectivity index (χ2n) is 18.3. The van der Waals surface area contributed by atoms with Crippen LogP contribution >= 0.6 is 0 Å². The Balaban J connectivity index is 1.26. The quantitative estimate of drug-likeness (QED) is 0.351. The fraction of sp³-hybridized carbons (Fsp3) is 0.707. The first kappa shape index (κ1) is 42.8. The molecule has 2 aliphatic heterocycles. The number of nitrogens with zero attached hydrogens (tertiary/aromatic N) is 3. The van der Waals surface area contributed by atoms with E-state index in [2.05, 4.69) is 17.6 Å². The Bertz CT molecular complexity index is 2080. The predicted octanol–water partition coefficient (Wildman–Crippen LogP) is 4.65. The lowest BCUT2D eigenvalue weighted by atomic mass is 9.85. The monoisotopic (exact) mass is 846 g/mol. The molecule has 5 aliphatic rings. The summed E-state index contributed by atoms with van der Waals surface area (Å²) >= 11 is 0. The molecule has 2 bridgehead atoms. The zero-order valence-electron chi connectivity index (χ0n) is 34.5. The van der Waals surface area contributed by atoms with E-state index in [0.29, 0.717) is 54.1 Å². The standard InChI is InChI=1S/C41H56F2N6O9S/c1-21-12-17-30-25(21)10-8-7-9-11-28-36(45-29-18-23(56-6)13-16-27(29)44-28)57-31-20-49(37(51)33(40(3,4)5)46-39(53)58-30)32(22(31)2)35(50)47-41(19-26(41)34(42)43)38(52)48-59(54,55)24-14-15-24/h13,16,18,21-22,24-26,30-34H,7-12,14-15,17,19-20H2,1-6H3,(H,46,53)(H,47,50)(H,48,52)/t21-,22+,25+,26-,30+,31-,32-,33+,41+/m0/s1. The van der Waals surface area contributed by atoms with Crippen LogP contribution in [-0.2, 0) is 35.6 Å². The second kappa shape index (κ2) is 16.3. The van der Waals surface area contributed by atoms with Gasteiger partial charge in [-0.2, -0.15) is 0 Å². The third-order valence-corrected chi connectivity index (χ3v) is 14.8. The number of hydrogen-bond donors (Lipinski definition) is 3. The summed E-state index contributed by atoms with van der Waals surface area (Å²) in [5.74, 6) is -4.12. The van der Waals surface area contributed by atoms with Crippen molar-refractivity contribution in [1.82, 2.24) is 30.2 Å². The van der Waals surface area contributed by atoms with Crippen molar-refractivity contribution >= 4 is 44.9 Å². The van der Waals surface area contributed by atoms with Crippen LogP contribution in [0.1, 0.15) is 98.1 Å². The first-order valence-corrected chi connectivity index (χ1v) is 22.3. The molecular formula is C41H56F2N6O9S. The first-order chi connectivity index (χ1) is 27.8. The molecule has 1 saturated heterocycles. The molecule has 2 aromatic rings. The molecule has 3 saturated carbocycles. The van der Waals surface area contributed by atoms with Crippen molar-refractivity contribution in [3.8, 4) is 11.6 Å². The number of halogens is 2. The van der Waals surface area contributed by atoms with Crippen LogP contribution in [0, 0.1) is 29.1 Å². The van der Waals surface area contributed by atoms with Gasteiger partial charge in [-0.25, -0.2) is 32.0 Å². The van der Waals surface area contributed by atoms with E-state index in [9.17, 15) is 36.4 Å². The van der Waals surface area contributed by atoms with E-state index in [1.807, 2.05) is 4.72 Å². The van der Waals surface area contributed by atoms with Crippen LogP contribution in [0.2, 0.25) is 0 Å². The van der Waals surface area contributed by atoms with Crippen LogP contribution < -0.4 is 24.8 Å². The van der Waals surface area contributed by atoms with Gasteiger partial charge in [0.15, 0.2) is 0 Å². The van der Waals surface area contributed by atoms with Gasteiger partial charge in [0.25, 0.3) is 5.91 Å². The minimum Gasteiger partial charge on any atom is -0.497 e. The molecular weight excluding hydrogens is 791 g/mol. The molecule has 0 unspecified atom stereocenters. The number of sulfonamides is 1. The van der Waals surface area contributed by atoms with Gasteiger partial charge in [0.1, 0.15) is 41.3 Å². The maximum atomic E-state index is 14.9. The van der Waals surface area contributed by atoms with Gasteiger partial charge in [0, 0.05) is 12.0 Å². The molecule has 4 fully saturated rings. The number of ether oxygens (including phenoxy) is 3. The number of alkyl halides is 2. The highest BCUT2D eigenvalue weighted by Gasteiger charge is 2.67. The normalized spacial score (nSPS) is 31.8. The van der Waals surface area contributed by atoms with E-state index in [0.717, 1.165) is 32.1 Å². The molecule has 0 spiro atoms. The number of aromatic nitrogens is 2. The Morgan fingerprint density at radius 1 is 1.00 bits per heavy atom. The Morgan fingerprint density at radius 2 is 1.75 bits per heavy atom. The molecule has 0 radical (unpaired) electrons. The zero-order chi connectivity index (χ0) is 42.6. The van der Waals surface area contributed by atoms with E-state index in [-0.39, 0.29) is 24.4 Å². The van der Waals surface area contributed by atoms with Crippen LogP contribution in [0.3, 0.4) is 0 Å². The average Bonchev–Trinajstić information content (AvgIpc) is 4.09. The summed E-state index contributed by atoms with van der Waals surface area (Å²) in [4.78, 5) is 67.7. The molecule has 3 N–H and O–H groups in total. The Labute approximate surface area is 343 Å². The van der Waals surface area contributed by atoms with Crippen molar-refractivity contribution in [2.45, 2.75) is 140 Å². The Morgan fingerprint density at radius 3 is 2.41 bits per heavy atom. The van der Waals surface area contributed by atoms with E-state index >= 15 is 0 Å². The lowest BCUT2D eigenvalue weighted by Crippen LogP contribution is -2.61. The van der Waals surface area contributed by atoms with E-state index in [4.69, 9.17) is 24.2 Å².